The van der Waals surface area contributed by atoms with E-state index in [0.29, 0.717) is 55.8 Å². The molecule has 0 saturated carbocycles. The molecule has 0 aromatic heterocycles. The third kappa shape index (κ3) is 5.45. The van der Waals surface area contributed by atoms with Gasteiger partial charge in [-0.2, -0.15) is 10.6 Å². The topological polar surface area (TPSA) is 131 Å². The van der Waals surface area contributed by atoms with Crippen LogP contribution in [-0.2, 0) is 9.53 Å². The second-order valence-electron chi connectivity index (χ2n) is 10.7. The second-order valence-corrected chi connectivity index (χ2v) is 13.2. The van der Waals surface area contributed by atoms with Crippen LogP contribution in [0.1, 0.15) is 69.3 Å². The summed E-state index contributed by atoms with van der Waals surface area (Å²) in [5.41, 5.74) is 1.28. The predicted octanol–water partition coefficient (Wildman–Crippen LogP) is 4.65. The average Bonchev–Trinajstić information content (AvgIpc) is 2.83. The first-order valence-corrected chi connectivity index (χ1v) is 14.3. The molecule has 2 aliphatic rings. The molecule has 11 heteroatoms. The Morgan fingerprint density at radius 3 is 2.51 bits per heavy atom. The van der Waals surface area contributed by atoms with Crippen molar-refractivity contribution in [3.63, 3.8) is 0 Å². The van der Waals surface area contributed by atoms with Crippen molar-refractivity contribution >= 4 is 34.2 Å². The van der Waals surface area contributed by atoms with Gasteiger partial charge < -0.3 is 24.5 Å². The zero-order valence-corrected chi connectivity index (χ0v) is 23.5. The Morgan fingerprint density at radius 2 is 1.92 bits per heavy atom. The Bertz CT molecular complexity index is 1040. The molecule has 0 aliphatic carbocycles. The minimum atomic E-state index is -3.49. The minimum Gasteiger partial charge on any atom is -0.465 e. The third-order valence-corrected chi connectivity index (χ3v) is 9.98. The number of benzene rings is 1. The molecular weight excluding hydrogens is 498 g/mol. The van der Waals surface area contributed by atoms with Crippen LogP contribution >= 0.6 is 10.6 Å². The summed E-state index contributed by atoms with van der Waals surface area (Å²) in [5.74, 6) is -0.662. The lowest BCUT2D eigenvalue weighted by Gasteiger charge is -2.52. The van der Waals surface area contributed by atoms with Gasteiger partial charge in [0.15, 0.2) is 0 Å². The second kappa shape index (κ2) is 11.2. The van der Waals surface area contributed by atoms with Crippen molar-refractivity contribution in [2.24, 2.45) is 0 Å². The van der Waals surface area contributed by atoms with Crippen LogP contribution in [0.4, 0.5) is 10.5 Å². The average molecular weight is 540 g/mol. The lowest BCUT2D eigenvalue weighted by atomic mass is 9.99. The van der Waals surface area contributed by atoms with Crippen molar-refractivity contribution in [2.75, 3.05) is 38.3 Å². The van der Waals surface area contributed by atoms with Crippen molar-refractivity contribution in [3.05, 3.63) is 23.3 Å². The Balaban J connectivity index is 2.05. The zero-order valence-electron chi connectivity index (χ0n) is 22.7. The van der Waals surface area contributed by atoms with Crippen LogP contribution in [-0.4, -0.2) is 92.1 Å². The number of nitrogens with zero attached hydrogens (tertiary/aromatic N) is 3. The Kier molecular flexibility index (Phi) is 8.83. The van der Waals surface area contributed by atoms with Crippen molar-refractivity contribution < 1.29 is 33.3 Å². The van der Waals surface area contributed by atoms with Crippen molar-refractivity contribution in [2.45, 2.75) is 82.0 Å². The fourth-order valence-corrected chi connectivity index (χ4v) is 6.93. The molecule has 1 aromatic rings. The van der Waals surface area contributed by atoms with Gasteiger partial charge in [-0.15, -0.1) is 0 Å². The molecule has 2 aliphatic heterocycles. The van der Waals surface area contributed by atoms with Gasteiger partial charge in [-0.25, -0.2) is 4.79 Å². The van der Waals surface area contributed by atoms with Gasteiger partial charge in [0, 0.05) is 45.0 Å². The van der Waals surface area contributed by atoms with Crippen molar-refractivity contribution in [1.82, 2.24) is 9.80 Å². The van der Waals surface area contributed by atoms with Gasteiger partial charge in [-0.05, 0) is 78.0 Å². The molecule has 1 fully saturated rings. The van der Waals surface area contributed by atoms with E-state index in [2.05, 4.69) is 0 Å². The Labute approximate surface area is 220 Å². The summed E-state index contributed by atoms with van der Waals surface area (Å²) in [7, 11) is -1.88. The number of ether oxygens (including phenoxy) is 1. The summed E-state index contributed by atoms with van der Waals surface area (Å²) in [4.78, 5) is 43.9. The number of carbonyl (C=O) groups excluding carboxylic acids is 2. The smallest absolute Gasteiger partial charge is 0.407 e. The van der Waals surface area contributed by atoms with Crippen molar-refractivity contribution in [1.29, 1.82) is 0 Å². The third-order valence-electron chi connectivity index (χ3n) is 7.44. The van der Waals surface area contributed by atoms with E-state index in [1.165, 1.54) is 4.90 Å². The number of rotatable bonds is 8. The maximum Gasteiger partial charge on any atom is 0.407 e. The van der Waals surface area contributed by atoms with Crippen LogP contribution in [0.5, 0.6) is 0 Å². The van der Waals surface area contributed by atoms with E-state index < -0.39 is 27.3 Å². The van der Waals surface area contributed by atoms with Gasteiger partial charge in [-0.1, -0.05) is 0 Å². The molecule has 208 valence electrons. The summed E-state index contributed by atoms with van der Waals surface area (Å²) in [6.07, 6.45) is 1.73. The van der Waals surface area contributed by atoms with Gasteiger partial charge in [0.2, 0.25) is 0 Å². The fraction of sp³-hybridized carbons (Fsp3) is 0.654. The molecule has 37 heavy (non-hydrogen) atoms. The normalized spacial score (nSPS) is 21.5. The number of piperidine rings is 1. The highest BCUT2D eigenvalue weighted by Crippen LogP contribution is 2.65. The van der Waals surface area contributed by atoms with Crippen LogP contribution in [0.25, 0.3) is 0 Å². The van der Waals surface area contributed by atoms with Crippen LogP contribution in [0.2, 0.25) is 0 Å². The number of methoxy groups -OCH3 is 1. The van der Waals surface area contributed by atoms with Gasteiger partial charge >= 0.3 is 6.09 Å². The Morgan fingerprint density at radius 1 is 1.24 bits per heavy atom. The molecular formula is C26H41N3O7S. The molecule has 3 rings (SSSR count). The molecule has 0 radical (unpaired) electrons. The number of carbonyl (C=O) groups is 3. The summed E-state index contributed by atoms with van der Waals surface area (Å²) >= 11 is 0. The highest BCUT2D eigenvalue weighted by molar-refractivity contribution is 8.26. The largest absolute Gasteiger partial charge is 0.465 e. The van der Waals surface area contributed by atoms with Gasteiger partial charge in [0.05, 0.1) is 16.6 Å². The van der Waals surface area contributed by atoms with E-state index in [-0.39, 0.29) is 29.4 Å². The quantitative estimate of drug-likeness (QED) is 0.410. The number of fused-ring (bicyclic) bond motifs is 1. The van der Waals surface area contributed by atoms with E-state index >= 15 is 0 Å². The SMILES string of the molecule is COCCCCN1C(=O)C(C)(C)S(O)(O)c2cc(C)c(C(=O)N(C(C)C)[C@@H]3CCCN(C(=O)O)C3)cc21. The number of aryl methyl sites for hydroxylation is 1. The first kappa shape index (κ1) is 29.2. The Hall–Kier alpha value is -2.34. The fourth-order valence-electron chi connectivity index (χ4n) is 5.23. The number of carboxylic acid groups (broad SMARTS) is 1. The highest BCUT2D eigenvalue weighted by Gasteiger charge is 2.51. The van der Waals surface area contributed by atoms with Gasteiger partial charge in [-0.3, -0.25) is 18.7 Å². The zero-order chi connectivity index (χ0) is 27.7. The van der Waals surface area contributed by atoms with Gasteiger partial charge in [0.1, 0.15) is 4.75 Å². The number of hydrogen-bond donors (Lipinski definition) is 3. The molecule has 1 saturated heterocycles. The van der Waals surface area contributed by atoms with E-state index in [9.17, 15) is 28.6 Å². The summed E-state index contributed by atoms with van der Waals surface area (Å²) in [5, 5.41) is 9.49. The van der Waals surface area contributed by atoms with E-state index in [4.69, 9.17) is 4.74 Å². The number of unbranched alkanes of at least 4 members (excludes halogenated alkanes) is 1. The van der Waals surface area contributed by atoms with E-state index in [0.717, 1.165) is 6.42 Å². The molecule has 10 nitrogen and oxygen atoms in total. The van der Waals surface area contributed by atoms with Gasteiger partial charge in [0.25, 0.3) is 11.8 Å². The number of hydrogen-bond acceptors (Lipinski definition) is 6. The van der Waals surface area contributed by atoms with E-state index in [1.807, 2.05) is 13.8 Å². The number of amides is 3. The first-order chi connectivity index (χ1) is 17.3. The van der Waals surface area contributed by atoms with E-state index in [1.54, 1.807) is 49.8 Å². The van der Waals surface area contributed by atoms with Crippen LogP contribution in [0.15, 0.2) is 17.0 Å². The molecule has 0 unspecified atom stereocenters. The maximum atomic E-state index is 14.0. The summed E-state index contributed by atoms with van der Waals surface area (Å²) < 4.78 is 26.1. The number of likely N-dealkylation sites (tertiary alicyclic amines) is 1. The minimum absolute atomic E-state index is 0.187. The highest BCUT2D eigenvalue weighted by atomic mass is 32.3. The number of anilines is 1. The van der Waals surface area contributed by atoms with Crippen LogP contribution in [0, 0.1) is 6.92 Å². The predicted molar refractivity (Wildman–Crippen MR) is 144 cm³/mol. The molecule has 1 aromatic carbocycles. The molecule has 1 atom stereocenters. The molecule has 2 heterocycles. The molecule has 3 amide bonds. The van der Waals surface area contributed by atoms with Crippen molar-refractivity contribution in [3.8, 4) is 0 Å². The molecule has 0 bridgehead atoms. The standard InChI is InChI=1S/C26H41N3O7S/c1-17(2)29(19-10-9-11-27(16-19)25(32)33)23(30)20-15-21-22(14-18(20)3)37(34,35)26(4,5)24(31)28(21)12-7-8-13-36-6/h14-15,17,19,34-35H,7-13,16H2,1-6H3,(H,32,33)/t19-/m1/s1. The van der Waals surface area contributed by atoms with Crippen LogP contribution < -0.4 is 4.90 Å². The molecule has 0 spiro atoms. The summed E-state index contributed by atoms with van der Waals surface area (Å²) in [6.45, 7) is 10.2. The lowest BCUT2D eigenvalue weighted by Crippen LogP contribution is -2.54. The van der Waals surface area contributed by atoms with Crippen LogP contribution in [0.3, 0.4) is 0 Å². The monoisotopic (exact) mass is 539 g/mol. The summed E-state index contributed by atoms with van der Waals surface area (Å²) in [6, 6.07) is 2.77. The lowest BCUT2D eigenvalue weighted by molar-refractivity contribution is -0.120. The first-order valence-electron chi connectivity index (χ1n) is 12.8. The maximum absolute atomic E-state index is 14.0. The molecule has 3 N–H and O–H groups in total.